The van der Waals surface area contributed by atoms with E-state index in [1.807, 2.05) is 42.5 Å². The van der Waals surface area contributed by atoms with E-state index in [2.05, 4.69) is 16.0 Å². The SMILES string of the molecule is COC(OC1C(NC(C)=O)C(OCCCCCN)OC2COC(c3ccccc3)OC21)[C@@H](O)/C=C/[C@@H](CO)OC1OC2COC(c3ccccc3)OC2C(OC(OC)[C@@H](O)/C=C/[C@@H](CO)OC2OC3COC(c4ccccc4)OC3C(OC(OC)[C@@H](O)/C=C/[C@H](O)CO)C2NC(C)=O)C1NC(C)=O. The van der Waals surface area contributed by atoms with Crippen molar-refractivity contribution >= 4 is 17.7 Å². The zero-order chi connectivity index (χ0) is 73.5. The van der Waals surface area contributed by atoms with E-state index in [0.717, 1.165) is 18.9 Å². The van der Waals surface area contributed by atoms with Crippen molar-refractivity contribution in [2.45, 2.75) is 206 Å². The van der Waals surface area contributed by atoms with Crippen molar-refractivity contribution < 1.29 is 135 Å². The molecule has 9 rings (SSSR count). The van der Waals surface area contributed by atoms with Gasteiger partial charge < -0.3 is 143 Å². The van der Waals surface area contributed by atoms with Crippen LogP contribution in [-0.4, -0.2) is 275 Å². The normalized spacial score (nSPS) is 32.2. The summed E-state index contributed by atoms with van der Waals surface area (Å²) in [5, 5.41) is 85.2. The third-order valence-electron chi connectivity index (χ3n) is 17.6. The van der Waals surface area contributed by atoms with E-state index in [4.69, 9.17) is 91.0 Å². The molecule has 32 nitrogen and oxygen atoms in total. The van der Waals surface area contributed by atoms with Crippen LogP contribution >= 0.6 is 0 Å². The zero-order valence-electron chi connectivity index (χ0n) is 58.3. The predicted octanol–water partition coefficient (Wildman–Crippen LogP) is 0.0960. The third-order valence-corrected chi connectivity index (χ3v) is 17.6. The summed E-state index contributed by atoms with van der Waals surface area (Å²) in [6, 6.07) is 23.5. The van der Waals surface area contributed by atoms with Gasteiger partial charge in [-0.25, -0.2) is 0 Å². The highest BCUT2D eigenvalue weighted by Gasteiger charge is 2.56. The number of carbonyl (C=O) groups excluding carboxylic acids is 3. The first-order valence-electron chi connectivity index (χ1n) is 34.4. The number of methoxy groups -OCH3 is 3. The highest BCUT2D eigenvalue weighted by molar-refractivity contribution is 5.74. The molecule has 0 spiro atoms. The highest BCUT2D eigenvalue weighted by Crippen LogP contribution is 2.41. The highest BCUT2D eigenvalue weighted by atomic mass is 16.8. The first-order chi connectivity index (χ1) is 49.9. The number of aliphatic hydroxyl groups is 7. The lowest BCUT2D eigenvalue weighted by Crippen LogP contribution is -2.68. The van der Waals surface area contributed by atoms with Gasteiger partial charge in [0, 0.05) is 65.4 Å². The predicted molar refractivity (Wildman–Crippen MR) is 357 cm³/mol. The fourth-order valence-electron chi connectivity index (χ4n) is 12.7. The van der Waals surface area contributed by atoms with Crippen LogP contribution in [0.15, 0.2) is 127 Å². The number of aliphatic hydroxyl groups excluding tert-OH is 7. The van der Waals surface area contributed by atoms with Crippen molar-refractivity contribution in [1.29, 1.82) is 0 Å². The molecule has 572 valence electrons. The largest absolute Gasteiger partial charge is 0.393 e. The fraction of sp³-hybridized carbons (Fsp3) is 0.620. The third kappa shape index (κ3) is 22.4. The van der Waals surface area contributed by atoms with Crippen LogP contribution in [0, 0.1) is 0 Å². The summed E-state index contributed by atoms with van der Waals surface area (Å²) in [5.41, 5.74) is 7.72. The molecule has 27 atom stereocenters. The molecule has 3 aromatic carbocycles. The summed E-state index contributed by atoms with van der Waals surface area (Å²) >= 11 is 0. The lowest BCUT2D eigenvalue weighted by atomic mass is 9.95. The second-order valence-electron chi connectivity index (χ2n) is 25.3. The smallest absolute Gasteiger partial charge is 0.217 e. The molecule has 12 N–H and O–H groups in total. The van der Waals surface area contributed by atoms with E-state index >= 15 is 0 Å². The standard InChI is InChI=1S/C71H100N4O28/c1-39(79)73-54-60(57-51(95-69(54)89-32-18-10-17-31-72)36-90-63(98-57)42-19-11-7-12-20-42)101-67(87-5)49(84)29-26-46(34-77)94-71-56(75-41(3)81)62(59-53(97-71)38-92-65(100-59)44-23-15-9-16-24-44)103-68(88-6)50(85)30-27-47(35-78)93-70-55(74-40(2)80)61(102-66(86-4)48(83)28-25-45(82)33-76)58-52(96-70)37-91-64(99-58)43-21-13-8-14-22-43/h7-9,11-16,19-30,45-71,76-78,82-85H,10,17-18,31-38,72H2,1-6H3,(H,73,79)(H,74,80)(H,75,81)/b28-25+,29-26+,30-27+/t45-,46-,47-,48-,49-,50-,51?,52?,53?,54?,55?,56?,57?,58?,59?,60?,61?,62?,63?,64?,65?,66?,67?,68?,69?,70?,71?/m0/s1. The molecule has 6 fully saturated rings. The van der Waals surface area contributed by atoms with E-state index in [1.54, 1.807) is 48.5 Å². The topological polar surface area (TPSA) is 421 Å². The van der Waals surface area contributed by atoms with Crippen molar-refractivity contribution in [1.82, 2.24) is 16.0 Å². The molecule has 32 heteroatoms. The van der Waals surface area contributed by atoms with Gasteiger partial charge in [-0.1, -0.05) is 127 Å². The van der Waals surface area contributed by atoms with Crippen LogP contribution < -0.4 is 21.7 Å². The minimum atomic E-state index is -1.71. The van der Waals surface area contributed by atoms with Gasteiger partial charge in [-0.15, -0.1) is 0 Å². The van der Waals surface area contributed by atoms with E-state index < -0.39 is 204 Å². The summed E-state index contributed by atoms with van der Waals surface area (Å²) in [4.78, 5) is 39.5. The monoisotopic (exact) mass is 1460 g/mol. The Morgan fingerprint density at radius 2 is 0.796 bits per heavy atom. The van der Waals surface area contributed by atoms with Crippen LogP contribution in [0.2, 0.25) is 0 Å². The fourth-order valence-corrected chi connectivity index (χ4v) is 12.7. The maximum absolute atomic E-state index is 13.4. The second-order valence-corrected chi connectivity index (χ2v) is 25.3. The van der Waals surface area contributed by atoms with Crippen LogP contribution in [0.5, 0.6) is 0 Å². The van der Waals surface area contributed by atoms with E-state index in [0.29, 0.717) is 29.7 Å². The molecule has 0 aromatic heterocycles. The average Bonchev–Trinajstić information content (AvgIpc) is 0.780. The summed E-state index contributed by atoms with van der Waals surface area (Å²) < 4.78 is 114. The number of hydrogen-bond acceptors (Lipinski definition) is 29. The number of fused-ring (bicyclic) bond motifs is 3. The van der Waals surface area contributed by atoms with Crippen molar-refractivity contribution in [3.63, 3.8) is 0 Å². The molecule has 103 heavy (non-hydrogen) atoms. The van der Waals surface area contributed by atoms with E-state index in [9.17, 15) is 50.1 Å². The lowest BCUT2D eigenvalue weighted by molar-refractivity contribution is -0.365. The second kappa shape index (κ2) is 40.8. The number of nitrogens with two attached hydrogens (primary N) is 1. The summed E-state index contributed by atoms with van der Waals surface area (Å²) in [7, 11) is 3.81. The van der Waals surface area contributed by atoms with E-state index in [1.165, 1.54) is 72.5 Å². The summed E-state index contributed by atoms with van der Waals surface area (Å²) in [6.45, 7) is 2.30. The van der Waals surface area contributed by atoms with Crippen LogP contribution in [0.1, 0.15) is 75.6 Å². The molecular weight excluding hydrogens is 1360 g/mol. The van der Waals surface area contributed by atoms with Gasteiger partial charge in [0.15, 0.2) is 56.6 Å². The van der Waals surface area contributed by atoms with Gasteiger partial charge in [0.05, 0.1) is 45.7 Å². The van der Waals surface area contributed by atoms with Gasteiger partial charge in [0.1, 0.15) is 104 Å². The molecule has 0 radical (unpaired) electrons. The number of hydrogen-bond donors (Lipinski definition) is 11. The van der Waals surface area contributed by atoms with Crippen LogP contribution in [0.3, 0.4) is 0 Å². The molecule has 0 bridgehead atoms. The van der Waals surface area contributed by atoms with Gasteiger partial charge in [-0.05, 0) is 25.8 Å². The van der Waals surface area contributed by atoms with Crippen LogP contribution in [0.25, 0.3) is 0 Å². The zero-order valence-corrected chi connectivity index (χ0v) is 58.3. The maximum atomic E-state index is 13.4. The number of amides is 3. The van der Waals surface area contributed by atoms with Gasteiger partial charge in [0.25, 0.3) is 0 Å². The first kappa shape index (κ1) is 81.3. The molecule has 21 unspecified atom stereocenters. The summed E-state index contributed by atoms with van der Waals surface area (Å²) in [5.74, 6) is -1.59. The molecule has 6 aliphatic heterocycles. The molecule has 0 saturated carbocycles. The molecule has 6 heterocycles. The molecule has 6 aliphatic rings. The Kier molecular flexibility index (Phi) is 32.2. The van der Waals surface area contributed by atoms with Gasteiger partial charge in [0.2, 0.25) is 17.7 Å². The minimum absolute atomic E-state index is 0.0453. The van der Waals surface area contributed by atoms with E-state index in [-0.39, 0.29) is 26.4 Å². The number of ether oxygens (including phenoxy) is 18. The molecule has 0 aliphatic carbocycles. The number of benzene rings is 3. The van der Waals surface area contributed by atoms with Gasteiger partial charge in [-0.3, -0.25) is 14.4 Å². The Labute approximate surface area is 597 Å². The Balaban J connectivity index is 0.944. The van der Waals surface area contributed by atoms with Crippen molar-refractivity contribution in [3.8, 4) is 0 Å². The number of carbonyl (C=O) groups is 3. The number of nitrogens with one attached hydrogen (secondary N) is 3. The van der Waals surface area contributed by atoms with Gasteiger partial charge in [-0.2, -0.15) is 0 Å². The molecule has 3 aromatic rings. The Morgan fingerprint density at radius 3 is 1.12 bits per heavy atom. The Morgan fingerprint density at radius 1 is 0.456 bits per heavy atom. The van der Waals surface area contributed by atoms with Crippen molar-refractivity contribution in [3.05, 3.63) is 144 Å². The molecule has 6 saturated heterocycles. The Hall–Kier alpha value is -5.75. The first-order valence-corrected chi connectivity index (χ1v) is 34.4. The molecule has 3 amide bonds. The average molecular weight is 1460 g/mol. The maximum Gasteiger partial charge on any atom is 0.217 e. The minimum Gasteiger partial charge on any atom is -0.393 e. The van der Waals surface area contributed by atoms with Crippen molar-refractivity contribution in [2.75, 3.05) is 74.1 Å². The van der Waals surface area contributed by atoms with Crippen LogP contribution in [0.4, 0.5) is 0 Å². The Bertz CT molecular complexity index is 3100. The lowest BCUT2D eigenvalue weighted by Gasteiger charge is -2.50. The summed E-state index contributed by atoms with van der Waals surface area (Å²) in [6.07, 6.45) is -20.1. The quantitative estimate of drug-likeness (QED) is 0.0207. The van der Waals surface area contributed by atoms with Crippen LogP contribution in [-0.2, 0) is 99.6 Å². The molecular formula is C71H100N4O28. The van der Waals surface area contributed by atoms with Gasteiger partial charge >= 0.3 is 0 Å². The number of rotatable bonds is 37. The van der Waals surface area contributed by atoms with Crippen molar-refractivity contribution in [2.24, 2.45) is 5.73 Å². The number of unbranched alkanes of at least 4 members (excludes halogenated alkanes) is 2.